The Labute approximate surface area is 202 Å². The average molecular weight is 442 g/mol. The summed E-state index contributed by atoms with van der Waals surface area (Å²) in [5, 5.41) is 0. The van der Waals surface area contributed by atoms with Crippen molar-refractivity contribution < 1.29 is 0 Å². The van der Waals surface area contributed by atoms with Crippen LogP contribution in [0.25, 0.3) is 0 Å². The Kier molecular flexibility index (Phi) is 9.01. The van der Waals surface area contributed by atoms with E-state index in [9.17, 15) is 0 Å². The Balaban J connectivity index is 1.36. The van der Waals surface area contributed by atoms with Crippen LogP contribution in [0.3, 0.4) is 0 Å². The zero-order chi connectivity index (χ0) is 22.9. The summed E-state index contributed by atoms with van der Waals surface area (Å²) in [6.07, 6.45) is 40.2. The molecule has 5 atom stereocenters. The number of hydrogen-bond acceptors (Lipinski definition) is 1. The Morgan fingerprint density at radius 3 is 2.61 bits per heavy atom. The number of fused-ring (bicyclic) bond motifs is 1. The molecule has 4 unspecified atom stereocenters. The lowest BCUT2D eigenvalue weighted by atomic mass is 9.58. The summed E-state index contributed by atoms with van der Waals surface area (Å²) in [5.74, 6) is 4.36. The van der Waals surface area contributed by atoms with Crippen molar-refractivity contribution in [2.45, 2.75) is 64.2 Å². The normalized spacial score (nSPS) is 32.6. The van der Waals surface area contributed by atoms with Crippen LogP contribution >= 0.6 is 0 Å². The molecule has 1 heteroatoms. The maximum absolute atomic E-state index is 5.51. The van der Waals surface area contributed by atoms with E-state index in [2.05, 4.69) is 61.3 Å². The van der Waals surface area contributed by atoms with Crippen molar-refractivity contribution in [3.05, 3.63) is 96.2 Å². The topological polar surface area (TPSA) is 26.0 Å². The second kappa shape index (κ2) is 12.4. The molecule has 0 aromatic rings. The molecule has 4 aliphatic carbocycles. The van der Waals surface area contributed by atoms with E-state index >= 15 is 0 Å². The molecule has 1 fully saturated rings. The van der Waals surface area contributed by atoms with Gasteiger partial charge >= 0.3 is 0 Å². The summed E-state index contributed by atoms with van der Waals surface area (Å²) in [5.41, 5.74) is 10.1. The maximum Gasteiger partial charge on any atom is 0.0109 e. The van der Waals surface area contributed by atoms with Crippen molar-refractivity contribution in [2.24, 2.45) is 35.3 Å². The minimum atomic E-state index is 0.606. The van der Waals surface area contributed by atoms with Crippen molar-refractivity contribution in [1.29, 1.82) is 0 Å². The van der Waals surface area contributed by atoms with Gasteiger partial charge in [-0.05, 0) is 111 Å². The van der Waals surface area contributed by atoms with Gasteiger partial charge < -0.3 is 5.73 Å². The van der Waals surface area contributed by atoms with Gasteiger partial charge in [-0.15, -0.1) is 0 Å². The Morgan fingerprint density at radius 2 is 1.85 bits per heavy atom. The van der Waals surface area contributed by atoms with Crippen LogP contribution in [0, 0.1) is 29.6 Å². The second-order valence-electron chi connectivity index (χ2n) is 10.4. The number of hydrogen-bond donors (Lipinski definition) is 1. The molecule has 4 rings (SSSR count). The molecule has 0 aromatic heterocycles. The Morgan fingerprint density at radius 1 is 0.909 bits per heavy atom. The first-order chi connectivity index (χ1) is 16.3. The molecular weight excluding hydrogens is 398 g/mol. The van der Waals surface area contributed by atoms with Crippen LogP contribution < -0.4 is 5.73 Å². The fraction of sp³-hybridized carbons (Fsp3) is 0.500. The SMILES string of the molecule is C=C/C=C\C[C@@H]1CCC(C2CC=C(C3=CC=C(/C=C/C=C\CN)CC3)CC2)C2CCC=CC21. The van der Waals surface area contributed by atoms with Crippen LogP contribution in [0.1, 0.15) is 64.2 Å². The van der Waals surface area contributed by atoms with E-state index in [1.54, 1.807) is 11.1 Å². The van der Waals surface area contributed by atoms with Gasteiger partial charge in [0.05, 0.1) is 0 Å². The molecule has 1 nitrogen and oxygen atoms in total. The van der Waals surface area contributed by atoms with Crippen molar-refractivity contribution in [3.8, 4) is 0 Å². The summed E-state index contributed by atoms with van der Waals surface area (Å²) in [6, 6.07) is 0. The highest BCUT2D eigenvalue weighted by Crippen LogP contribution is 2.51. The smallest absolute Gasteiger partial charge is 0.0109 e. The highest BCUT2D eigenvalue weighted by molar-refractivity contribution is 5.41. The molecule has 0 saturated heterocycles. The van der Waals surface area contributed by atoms with E-state index in [1.807, 2.05) is 18.2 Å². The summed E-state index contributed by atoms with van der Waals surface area (Å²) >= 11 is 0. The third-order valence-electron chi connectivity index (χ3n) is 8.54. The standard InChI is InChI=1S/C32H43N/c1-2-3-5-11-28-22-23-31(32-13-8-7-12-30(28)32)29-20-18-27(19-21-29)26-16-14-25(15-17-26)10-6-4-9-24-33/h2-7,9-10,12,14,16,18,28-32H,1,8,11,13,15,17,19-24,33H2/b5-3-,9-4-,10-6+/t28-,29?,30?,31?,32?/m1/s1. The first-order valence-electron chi connectivity index (χ1n) is 13.4. The van der Waals surface area contributed by atoms with E-state index in [0.717, 1.165) is 36.0 Å². The highest BCUT2D eigenvalue weighted by Gasteiger charge is 2.41. The van der Waals surface area contributed by atoms with E-state index in [-0.39, 0.29) is 0 Å². The van der Waals surface area contributed by atoms with Crippen molar-refractivity contribution in [2.75, 3.05) is 6.54 Å². The molecule has 0 aromatic carbocycles. The van der Waals surface area contributed by atoms with Gasteiger partial charge in [-0.1, -0.05) is 79.5 Å². The minimum absolute atomic E-state index is 0.606. The number of rotatable bonds is 8. The van der Waals surface area contributed by atoms with Gasteiger partial charge in [0.25, 0.3) is 0 Å². The third-order valence-corrected chi connectivity index (χ3v) is 8.54. The lowest BCUT2D eigenvalue weighted by molar-refractivity contribution is 0.0636. The van der Waals surface area contributed by atoms with Gasteiger partial charge in [0, 0.05) is 6.54 Å². The van der Waals surface area contributed by atoms with E-state index in [1.165, 1.54) is 63.4 Å². The predicted octanol–water partition coefficient (Wildman–Crippen LogP) is 8.17. The number of allylic oxidation sites excluding steroid dienone is 14. The van der Waals surface area contributed by atoms with Gasteiger partial charge in [0.2, 0.25) is 0 Å². The van der Waals surface area contributed by atoms with Gasteiger partial charge in [-0.2, -0.15) is 0 Å². The average Bonchev–Trinajstić information content (AvgIpc) is 2.87. The highest BCUT2D eigenvalue weighted by atomic mass is 14.5. The molecule has 176 valence electrons. The molecule has 0 amide bonds. The summed E-state index contributed by atoms with van der Waals surface area (Å²) in [4.78, 5) is 0. The minimum Gasteiger partial charge on any atom is -0.327 e. The van der Waals surface area contributed by atoms with E-state index < -0.39 is 0 Å². The van der Waals surface area contributed by atoms with Crippen molar-refractivity contribution >= 4 is 0 Å². The summed E-state index contributed by atoms with van der Waals surface area (Å²) in [7, 11) is 0. The third kappa shape index (κ3) is 6.27. The quantitative estimate of drug-likeness (QED) is 0.298. The molecule has 33 heavy (non-hydrogen) atoms. The molecule has 0 spiro atoms. The lowest BCUT2D eigenvalue weighted by Crippen LogP contribution is -2.38. The molecule has 2 N–H and O–H groups in total. The molecule has 0 bridgehead atoms. The molecular formula is C32H43N. The van der Waals surface area contributed by atoms with Gasteiger partial charge in [0.1, 0.15) is 0 Å². The van der Waals surface area contributed by atoms with Gasteiger partial charge in [-0.3, -0.25) is 0 Å². The second-order valence-corrected chi connectivity index (χ2v) is 10.4. The first kappa shape index (κ1) is 24.0. The first-order valence-corrected chi connectivity index (χ1v) is 13.4. The Bertz CT molecular complexity index is 874. The lowest BCUT2D eigenvalue weighted by Gasteiger charge is -2.47. The maximum atomic E-state index is 5.51. The fourth-order valence-corrected chi connectivity index (χ4v) is 6.84. The molecule has 0 radical (unpaired) electrons. The van der Waals surface area contributed by atoms with Crippen molar-refractivity contribution in [3.63, 3.8) is 0 Å². The van der Waals surface area contributed by atoms with Gasteiger partial charge in [0.15, 0.2) is 0 Å². The van der Waals surface area contributed by atoms with Crippen LogP contribution in [0.5, 0.6) is 0 Å². The van der Waals surface area contributed by atoms with Crippen LogP contribution in [0.15, 0.2) is 96.2 Å². The molecule has 0 heterocycles. The zero-order valence-corrected chi connectivity index (χ0v) is 20.4. The zero-order valence-electron chi connectivity index (χ0n) is 20.4. The van der Waals surface area contributed by atoms with Crippen LogP contribution in [0.4, 0.5) is 0 Å². The van der Waals surface area contributed by atoms with Crippen LogP contribution in [-0.4, -0.2) is 6.54 Å². The fourth-order valence-electron chi connectivity index (χ4n) is 6.84. The summed E-state index contributed by atoms with van der Waals surface area (Å²) < 4.78 is 0. The molecule has 0 aliphatic heterocycles. The molecule has 4 aliphatic rings. The van der Waals surface area contributed by atoms with E-state index in [0.29, 0.717) is 6.54 Å². The predicted molar refractivity (Wildman–Crippen MR) is 144 cm³/mol. The van der Waals surface area contributed by atoms with Crippen LogP contribution in [-0.2, 0) is 0 Å². The van der Waals surface area contributed by atoms with Crippen LogP contribution in [0.2, 0.25) is 0 Å². The Hall–Kier alpha value is -2.12. The monoisotopic (exact) mass is 441 g/mol. The number of nitrogens with two attached hydrogens (primary N) is 1. The van der Waals surface area contributed by atoms with Gasteiger partial charge in [-0.25, -0.2) is 0 Å². The largest absolute Gasteiger partial charge is 0.327 e. The molecule has 1 saturated carbocycles. The van der Waals surface area contributed by atoms with Crippen molar-refractivity contribution in [1.82, 2.24) is 0 Å². The summed E-state index contributed by atoms with van der Waals surface area (Å²) in [6.45, 7) is 4.44. The van der Waals surface area contributed by atoms with E-state index in [4.69, 9.17) is 5.73 Å².